The molecule has 66 heavy (non-hydrogen) atoms. The van der Waals surface area contributed by atoms with Gasteiger partial charge in [-0.25, -0.2) is 0 Å². The van der Waals surface area contributed by atoms with Crippen LogP contribution in [0, 0.1) is 0 Å². The van der Waals surface area contributed by atoms with Gasteiger partial charge < -0.3 is 9.47 Å². The first-order valence-corrected chi connectivity index (χ1v) is 23.0. The van der Waals surface area contributed by atoms with Crippen molar-refractivity contribution in [1.82, 2.24) is 4.57 Å². The molecule has 308 valence electrons. The molecule has 0 bridgehead atoms. The summed E-state index contributed by atoms with van der Waals surface area (Å²) >= 11 is 0. The molecule has 2 nitrogen and oxygen atoms in total. The summed E-state index contributed by atoms with van der Waals surface area (Å²) in [4.78, 5) is 2.55. The van der Waals surface area contributed by atoms with E-state index in [1.165, 1.54) is 110 Å². The number of hydrogen-bond acceptors (Lipinski definition) is 1. The summed E-state index contributed by atoms with van der Waals surface area (Å²) in [5, 5.41) is 7.45. The first kappa shape index (κ1) is 37.0. The van der Waals surface area contributed by atoms with E-state index in [2.05, 4.69) is 253 Å². The van der Waals surface area contributed by atoms with Gasteiger partial charge in [-0.3, -0.25) is 0 Å². The largest absolute Gasteiger partial charge is 0.310 e. The molecule has 2 heteroatoms. The van der Waals surface area contributed by atoms with Gasteiger partial charge in [0.2, 0.25) is 0 Å². The molecule has 1 aliphatic carbocycles. The fourth-order valence-corrected chi connectivity index (χ4v) is 11.6. The number of nitrogens with zero attached hydrogens (tertiary/aromatic N) is 2. The summed E-state index contributed by atoms with van der Waals surface area (Å²) in [5.74, 6) is 0. The maximum absolute atomic E-state index is 2.59. The number of benzene rings is 11. The Bertz CT molecular complexity index is 3970. The van der Waals surface area contributed by atoms with Crippen LogP contribution < -0.4 is 4.90 Å². The van der Waals surface area contributed by atoms with Gasteiger partial charge in [0, 0.05) is 38.7 Å². The van der Waals surface area contributed by atoms with Crippen LogP contribution in [0.3, 0.4) is 0 Å². The molecule has 1 aromatic heterocycles. The third-order valence-electron chi connectivity index (χ3n) is 14.7. The van der Waals surface area contributed by atoms with Gasteiger partial charge in [0.15, 0.2) is 0 Å². The zero-order valence-corrected chi connectivity index (χ0v) is 36.4. The van der Waals surface area contributed by atoms with E-state index in [4.69, 9.17) is 0 Å². The molecule has 0 fully saturated rings. The molecule has 0 N–H and O–H groups in total. The Hall–Kier alpha value is -8.46. The highest BCUT2D eigenvalue weighted by Gasteiger charge is 2.46. The van der Waals surface area contributed by atoms with Crippen molar-refractivity contribution in [3.63, 3.8) is 0 Å². The van der Waals surface area contributed by atoms with Crippen LogP contribution in [0.4, 0.5) is 17.1 Å². The number of anilines is 3. The quantitative estimate of drug-likeness (QED) is 0.162. The van der Waals surface area contributed by atoms with Crippen molar-refractivity contribution < 1.29 is 0 Å². The Morgan fingerprint density at radius 2 is 0.985 bits per heavy atom. The maximum Gasteiger partial charge on any atom is 0.0644 e. The maximum atomic E-state index is 2.59. The molecule has 2 aliphatic rings. The van der Waals surface area contributed by atoms with Gasteiger partial charge in [-0.2, -0.15) is 0 Å². The van der Waals surface area contributed by atoms with Crippen molar-refractivity contribution in [2.75, 3.05) is 4.90 Å². The molecule has 0 radical (unpaired) electrons. The summed E-state index contributed by atoms with van der Waals surface area (Å²) in [7, 11) is 0. The number of fused-ring (bicyclic) bond motifs is 8. The van der Waals surface area contributed by atoms with Gasteiger partial charge >= 0.3 is 0 Å². The number of para-hydroxylation sites is 2. The number of hydrogen-bond donors (Lipinski definition) is 0. The highest BCUT2D eigenvalue weighted by Crippen LogP contribution is 2.62. The Labute approximate surface area is 383 Å². The average Bonchev–Trinajstić information content (AvgIpc) is 3.82. The summed E-state index contributed by atoms with van der Waals surface area (Å²) in [6, 6.07) is 88.1. The van der Waals surface area contributed by atoms with Gasteiger partial charge in [-0.15, -0.1) is 0 Å². The van der Waals surface area contributed by atoms with Gasteiger partial charge in [-0.05, 0) is 133 Å². The lowest BCUT2D eigenvalue weighted by Crippen LogP contribution is -2.23. The predicted molar refractivity (Wildman–Crippen MR) is 278 cm³/mol. The first-order chi connectivity index (χ1) is 32.6. The lowest BCUT2D eigenvalue weighted by molar-refractivity contribution is 0.715. The van der Waals surface area contributed by atoms with E-state index >= 15 is 0 Å². The third-order valence-corrected chi connectivity index (χ3v) is 14.7. The number of aromatic nitrogens is 1. The Morgan fingerprint density at radius 3 is 1.77 bits per heavy atom. The van der Waals surface area contributed by atoms with Crippen LogP contribution >= 0.6 is 0 Å². The van der Waals surface area contributed by atoms with Gasteiger partial charge in [-0.1, -0.05) is 182 Å². The normalized spacial score (nSPS) is 14.5. The minimum absolute atomic E-state index is 0.480. The van der Waals surface area contributed by atoms with E-state index in [1.54, 1.807) is 0 Å². The van der Waals surface area contributed by atoms with Gasteiger partial charge in [0.05, 0.1) is 22.4 Å². The van der Waals surface area contributed by atoms with Gasteiger partial charge in [0.25, 0.3) is 0 Å². The van der Waals surface area contributed by atoms with E-state index in [1.807, 2.05) is 0 Å². The van der Waals surface area contributed by atoms with Crippen molar-refractivity contribution in [3.05, 3.63) is 253 Å². The van der Waals surface area contributed by atoms with Crippen LogP contribution in [0.5, 0.6) is 0 Å². The van der Waals surface area contributed by atoms with E-state index < -0.39 is 5.41 Å². The molecule has 0 amide bonds. The van der Waals surface area contributed by atoms with Crippen molar-refractivity contribution in [3.8, 4) is 50.2 Å². The Kier molecular flexibility index (Phi) is 7.85. The zero-order valence-electron chi connectivity index (χ0n) is 36.4. The predicted octanol–water partition coefficient (Wildman–Crippen LogP) is 17.2. The SMILES string of the molecule is CC1(c2ccc3ccccc3c2)c2cccc3c2-c2c1cc(N(c1cccc(-c4ccccc4)c1)c1cccc(-c4ccc5ccccc5c4)c1)c1c4ccccc4n(c21)-c1ccccc1-3. The highest BCUT2D eigenvalue weighted by molar-refractivity contribution is 6.24. The van der Waals surface area contributed by atoms with Crippen molar-refractivity contribution >= 4 is 60.4 Å². The van der Waals surface area contributed by atoms with Crippen LogP contribution in [-0.4, -0.2) is 4.57 Å². The molecular formula is C64H42N2. The van der Waals surface area contributed by atoms with E-state index in [0.717, 1.165) is 17.1 Å². The van der Waals surface area contributed by atoms with E-state index in [-0.39, 0.29) is 0 Å². The van der Waals surface area contributed by atoms with E-state index in [0.29, 0.717) is 0 Å². The van der Waals surface area contributed by atoms with Crippen molar-refractivity contribution in [2.24, 2.45) is 0 Å². The minimum atomic E-state index is -0.480. The van der Waals surface area contributed by atoms with Crippen LogP contribution in [0.25, 0.3) is 93.5 Å². The second-order valence-corrected chi connectivity index (χ2v) is 18.2. The third kappa shape index (κ3) is 5.24. The zero-order chi connectivity index (χ0) is 43.5. The molecule has 0 saturated carbocycles. The second-order valence-electron chi connectivity index (χ2n) is 18.2. The highest BCUT2D eigenvalue weighted by atomic mass is 15.1. The fraction of sp³-hybridized carbons (Fsp3) is 0.0312. The second kappa shape index (κ2) is 14.0. The molecule has 1 aliphatic heterocycles. The Morgan fingerprint density at radius 1 is 0.394 bits per heavy atom. The molecule has 1 unspecified atom stereocenters. The van der Waals surface area contributed by atoms with Crippen LogP contribution in [0.1, 0.15) is 23.6 Å². The smallest absolute Gasteiger partial charge is 0.0644 e. The molecule has 0 spiro atoms. The van der Waals surface area contributed by atoms with E-state index in [9.17, 15) is 0 Å². The number of rotatable bonds is 6. The molecule has 0 saturated heterocycles. The molecule has 12 aromatic rings. The molecule has 11 aromatic carbocycles. The van der Waals surface area contributed by atoms with Gasteiger partial charge in [0.1, 0.15) is 0 Å². The topological polar surface area (TPSA) is 8.17 Å². The average molecular weight is 839 g/mol. The Balaban J connectivity index is 1.13. The molecule has 14 rings (SSSR count). The minimum Gasteiger partial charge on any atom is -0.310 e. The fourth-order valence-electron chi connectivity index (χ4n) is 11.6. The summed E-state index contributed by atoms with van der Waals surface area (Å²) in [6.45, 7) is 2.47. The summed E-state index contributed by atoms with van der Waals surface area (Å²) in [6.07, 6.45) is 0. The summed E-state index contributed by atoms with van der Waals surface area (Å²) in [5.41, 5.74) is 20.4. The first-order valence-electron chi connectivity index (χ1n) is 23.0. The molecular weight excluding hydrogens is 797 g/mol. The lowest BCUT2D eigenvalue weighted by atomic mass is 9.73. The van der Waals surface area contributed by atoms with Crippen LogP contribution in [0.2, 0.25) is 0 Å². The van der Waals surface area contributed by atoms with Crippen molar-refractivity contribution in [2.45, 2.75) is 12.3 Å². The lowest BCUT2D eigenvalue weighted by Gasteiger charge is -2.32. The summed E-state index contributed by atoms with van der Waals surface area (Å²) < 4.78 is 2.59. The van der Waals surface area contributed by atoms with Crippen LogP contribution in [0.15, 0.2) is 237 Å². The molecule has 1 atom stereocenters. The standard InChI is InChI=1S/C64H42N2/c1-64(49-35-34-43-19-6-8-21-45(43)37-49)55-29-15-28-53-52-26-9-11-30-57(52)66-58-31-12-10-27-54(58)61-59(40-56(64)62(60(53)55)63(61)66)65(50-24-13-22-46(38-50)41-16-3-2-4-17-41)51-25-14-23-47(39-51)48-33-32-42-18-5-7-20-44(42)36-48/h2-40H,1H3. The van der Waals surface area contributed by atoms with Crippen LogP contribution in [-0.2, 0) is 5.41 Å². The molecule has 2 heterocycles. The monoisotopic (exact) mass is 838 g/mol. The van der Waals surface area contributed by atoms with Crippen molar-refractivity contribution in [1.29, 1.82) is 0 Å².